The Hall–Kier alpha value is -2.82. The monoisotopic (exact) mass is 286 g/mol. The zero-order chi connectivity index (χ0) is 15.7. The van der Waals surface area contributed by atoms with Crippen LogP contribution < -0.4 is 15.6 Å². The predicted molar refractivity (Wildman–Crippen MR) is 81.7 cm³/mol. The number of methoxy groups -OCH3 is 1. The van der Waals surface area contributed by atoms with E-state index < -0.39 is 11.8 Å². The number of ether oxygens (including phenoxy) is 1. The molecule has 0 radical (unpaired) electrons. The Bertz CT molecular complexity index is 589. The molecule has 110 valence electrons. The van der Waals surface area contributed by atoms with Gasteiger partial charge in [0, 0.05) is 11.1 Å². The van der Waals surface area contributed by atoms with Crippen LogP contribution in [0.5, 0.6) is 5.75 Å². The minimum atomic E-state index is -0.430. The van der Waals surface area contributed by atoms with Crippen LogP contribution in [0.2, 0.25) is 0 Å². The summed E-state index contributed by atoms with van der Waals surface area (Å²) in [5.74, 6) is -0.292. The second-order valence-corrected chi connectivity index (χ2v) is 4.00. The number of amides is 2. The first-order chi connectivity index (χ1) is 10.1. The highest BCUT2D eigenvalue weighted by atomic mass is 16.5. The fourth-order valence-corrected chi connectivity index (χ4v) is 1.54. The van der Waals surface area contributed by atoms with Crippen LogP contribution in [0.15, 0.2) is 60.7 Å². The van der Waals surface area contributed by atoms with E-state index in [1.54, 1.807) is 49.4 Å². The first kappa shape index (κ1) is 16.2. The summed E-state index contributed by atoms with van der Waals surface area (Å²) in [4.78, 5) is 23.8. The lowest BCUT2D eigenvalue weighted by Gasteiger charge is -2.08. The fourth-order valence-electron chi connectivity index (χ4n) is 1.54. The van der Waals surface area contributed by atoms with Gasteiger partial charge < -0.3 is 4.74 Å². The standard InChI is InChI=1S/C16H18N2O3/c1-4-7-12(8-5-2)15(19)17-18-16(20)13-9-6-10-14(11-13)21-3/h4-11H,1H2,2-3H3,(H,17,19)(H,18,20). The highest BCUT2D eigenvalue weighted by molar-refractivity contribution is 6.00. The van der Waals surface area contributed by atoms with E-state index in [0.29, 0.717) is 16.9 Å². The molecule has 0 heterocycles. The van der Waals surface area contributed by atoms with Gasteiger partial charge in [0.05, 0.1) is 7.11 Å². The maximum atomic E-state index is 11.9. The van der Waals surface area contributed by atoms with Crippen molar-refractivity contribution in [2.75, 3.05) is 7.11 Å². The summed E-state index contributed by atoms with van der Waals surface area (Å²) in [6, 6.07) is 6.62. The van der Waals surface area contributed by atoms with Gasteiger partial charge in [0.1, 0.15) is 5.75 Å². The van der Waals surface area contributed by atoms with Crippen molar-refractivity contribution in [2.45, 2.75) is 6.92 Å². The molecule has 0 bridgehead atoms. The highest BCUT2D eigenvalue weighted by Gasteiger charge is 2.09. The largest absolute Gasteiger partial charge is 0.497 e. The molecule has 0 fully saturated rings. The molecule has 0 aliphatic heterocycles. The van der Waals surface area contributed by atoms with Crippen molar-refractivity contribution in [2.24, 2.45) is 0 Å². The molecule has 1 rings (SSSR count). The Balaban J connectivity index is 2.69. The van der Waals surface area contributed by atoms with E-state index >= 15 is 0 Å². The molecule has 2 N–H and O–H groups in total. The molecule has 1 aromatic rings. The average molecular weight is 286 g/mol. The number of hydrazine groups is 1. The summed E-state index contributed by atoms with van der Waals surface area (Å²) in [7, 11) is 1.52. The number of carbonyl (C=O) groups excluding carboxylic acids is 2. The van der Waals surface area contributed by atoms with Gasteiger partial charge in [0.2, 0.25) is 0 Å². The predicted octanol–water partition coefficient (Wildman–Crippen LogP) is 2.14. The molecule has 5 heteroatoms. The molecule has 0 saturated heterocycles. The lowest BCUT2D eigenvalue weighted by atomic mass is 10.2. The van der Waals surface area contributed by atoms with E-state index in [1.165, 1.54) is 13.2 Å². The number of allylic oxidation sites excluding steroid dienone is 3. The van der Waals surface area contributed by atoms with Crippen molar-refractivity contribution in [3.8, 4) is 5.75 Å². The number of nitrogens with one attached hydrogen (secondary N) is 2. The molecule has 2 amide bonds. The van der Waals surface area contributed by atoms with E-state index in [-0.39, 0.29) is 0 Å². The molecule has 0 spiro atoms. The van der Waals surface area contributed by atoms with Gasteiger partial charge in [-0.1, -0.05) is 30.9 Å². The van der Waals surface area contributed by atoms with Crippen molar-refractivity contribution in [3.05, 3.63) is 66.3 Å². The Morgan fingerprint density at radius 2 is 2.05 bits per heavy atom. The summed E-state index contributed by atoms with van der Waals surface area (Å²) in [6.07, 6.45) is 6.39. The summed E-state index contributed by atoms with van der Waals surface area (Å²) in [5, 5.41) is 0. The third-order valence-corrected chi connectivity index (χ3v) is 2.53. The Morgan fingerprint density at radius 1 is 1.29 bits per heavy atom. The van der Waals surface area contributed by atoms with Crippen LogP contribution in [-0.2, 0) is 4.79 Å². The van der Waals surface area contributed by atoms with Gasteiger partial charge in [-0.3, -0.25) is 20.4 Å². The summed E-state index contributed by atoms with van der Waals surface area (Å²) < 4.78 is 5.04. The zero-order valence-corrected chi connectivity index (χ0v) is 12.1. The SMILES string of the molecule is C=CC=C(C=CC)C(=O)NNC(=O)c1cccc(OC)c1. The lowest BCUT2D eigenvalue weighted by Crippen LogP contribution is -2.42. The van der Waals surface area contributed by atoms with Gasteiger partial charge in [-0.15, -0.1) is 0 Å². The summed E-state index contributed by atoms with van der Waals surface area (Å²) >= 11 is 0. The van der Waals surface area contributed by atoms with Crippen LogP contribution in [0.1, 0.15) is 17.3 Å². The van der Waals surface area contributed by atoms with Gasteiger partial charge in [0.25, 0.3) is 11.8 Å². The maximum absolute atomic E-state index is 11.9. The molecular weight excluding hydrogens is 268 g/mol. The zero-order valence-electron chi connectivity index (χ0n) is 12.1. The number of benzene rings is 1. The van der Waals surface area contributed by atoms with Gasteiger partial charge in [-0.05, 0) is 31.2 Å². The highest BCUT2D eigenvalue weighted by Crippen LogP contribution is 2.12. The third-order valence-electron chi connectivity index (χ3n) is 2.53. The van der Waals surface area contributed by atoms with Crippen LogP contribution in [0, 0.1) is 0 Å². The van der Waals surface area contributed by atoms with E-state index in [2.05, 4.69) is 17.4 Å². The quantitative estimate of drug-likeness (QED) is 0.495. The normalized spacial score (nSPS) is 11.0. The first-order valence-corrected chi connectivity index (χ1v) is 6.32. The molecule has 0 aliphatic carbocycles. The lowest BCUT2D eigenvalue weighted by molar-refractivity contribution is -0.117. The van der Waals surface area contributed by atoms with Gasteiger partial charge in [-0.2, -0.15) is 0 Å². The molecule has 0 aliphatic rings. The van der Waals surface area contributed by atoms with Crippen LogP contribution in [0.4, 0.5) is 0 Å². The molecule has 0 atom stereocenters. The Labute approximate surface area is 124 Å². The molecule has 0 saturated carbocycles. The van der Waals surface area contributed by atoms with Crippen LogP contribution in [0.25, 0.3) is 0 Å². The molecule has 5 nitrogen and oxygen atoms in total. The van der Waals surface area contributed by atoms with Crippen molar-refractivity contribution in [1.29, 1.82) is 0 Å². The molecule has 0 aromatic heterocycles. The molecule has 1 aromatic carbocycles. The van der Waals surface area contributed by atoms with E-state index in [4.69, 9.17) is 4.74 Å². The number of rotatable bonds is 5. The second-order valence-electron chi connectivity index (χ2n) is 4.00. The maximum Gasteiger partial charge on any atom is 0.269 e. The number of hydrogen-bond acceptors (Lipinski definition) is 3. The number of carbonyl (C=O) groups is 2. The Kier molecular flexibility index (Phi) is 6.47. The first-order valence-electron chi connectivity index (χ1n) is 6.32. The van der Waals surface area contributed by atoms with Crippen LogP contribution in [-0.4, -0.2) is 18.9 Å². The van der Waals surface area contributed by atoms with E-state index in [9.17, 15) is 9.59 Å². The topological polar surface area (TPSA) is 67.4 Å². The summed E-state index contributed by atoms with van der Waals surface area (Å²) in [6.45, 7) is 5.33. The fraction of sp³-hybridized carbons (Fsp3) is 0.125. The van der Waals surface area contributed by atoms with Crippen molar-refractivity contribution >= 4 is 11.8 Å². The van der Waals surface area contributed by atoms with Gasteiger partial charge >= 0.3 is 0 Å². The van der Waals surface area contributed by atoms with Crippen molar-refractivity contribution < 1.29 is 14.3 Å². The smallest absolute Gasteiger partial charge is 0.269 e. The molecule has 0 unspecified atom stereocenters. The Morgan fingerprint density at radius 3 is 2.67 bits per heavy atom. The third kappa shape index (κ3) is 4.99. The summed E-state index contributed by atoms with van der Waals surface area (Å²) in [5.41, 5.74) is 5.46. The average Bonchev–Trinajstić information content (AvgIpc) is 2.52. The van der Waals surface area contributed by atoms with Gasteiger partial charge in [0.15, 0.2) is 0 Å². The number of hydrogen-bond donors (Lipinski definition) is 2. The van der Waals surface area contributed by atoms with E-state index in [1.807, 2.05) is 0 Å². The second kappa shape index (κ2) is 8.37. The molecule has 21 heavy (non-hydrogen) atoms. The van der Waals surface area contributed by atoms with Gasteiger partial charge in [-0.25, -0.2) is 0 Å². The minimum absolute atomic E-state index is 0.384. The minimum Gasteiger partial charge on any atom is -0.497 e. The van der Waals surface area contributed by atoms with Crippen LogP contribution >= 0.6 is 0 Å². The molecular formula is C16H18N2O3. The van der Waals surface area contributed by atoms with E-state index in [0.717, 1.165) is 0 Å². The van der Waals surface area contributed by atoms with Crippen molar-refractivity contribution in [3.63, 3.8) is 0 Å². The van der Waals surface area contributed by atoms with Crippen LogP contribution in [0.3, 0.4) is 0 Å². The van der Waals surface area contributed by atoms with Crippen molar-refractivity contribution in [1.82, 2.24) is 10.9 Å².